The van der Waals surface area contributed by atoms with Crippen molar-refractivity contribution in [2.45, 2.75) is 39.7 Å². The molecule has 0 aromatic heterocycles. The van der Waals surface area contributed by atoms with Crippen molar-refractivity contribution in [1.29, 1.82) is 0 Å². The smallest absolute Gasteiger partial charge is 0.0120 e. The van der Waals surface area contributed by atoms with Crippen LogP contribution in [-0.2, 0) is 0 Å². The summed E-state index contributed by atoms with van der Waals surface area (Å²) in [4.78, 5) is 2.58. The van der Waals surface area contributed by atoms with Crippen LogP contribution < -0.4 is 5.32 Å². The molecule has 2 fully saturated rings. The first-order valence-electron chi connectivity index (χ1n) is 5.86. The van der Waals surface area contributed by atoms with Gasteiger partial charge in [0.15, 0.2) is 0 Å². The van der Waals surface area contributed by atoms with Crippen LogP contribution in [0.2, 0.25) is 0 Å². The molecule has 2 heterocycles. The van der Waals surface area contributed by atoms with Crippen molar-refractivity contribution >= 4 is 0 Å². The molecule has 0 saturated carbocycles. The van der Waals surface area contributed by atoms with Crippen molar-refractivity contribution in [3.05, 3.63) is 0 Å². The monoisotopic (exact) mass is 184 g/mol. The van der Waals surface area contributed by atoms with E-state index in [1.165, 1.54) is 39.0 Å². The van der Waals surface area contributed by atoms with Crippen LogP contribution in [0.1, 0.15) is 33.6 Å². The van der Waals surface area contributed by atoms with E-state index >= 15 is 0 Å². The fourth-order valence-corrected chi connectivity index (χ4v) is 2.41. The summed E-state index contributed by atoms with van der Waals surface area (Å²) >= 11 is 0. The van der Waals surface area contributed by atoms with Crippen LogP contribution in [0.3, 0.4) is 0 Å². The molecule has 0 spiro atoms. The lowest BCUT2D eigenvalue weighted by molar-refractivity contribution is 0.170. The highest BCUT2D eigenvalue weighted by Gasteiger charge is 2.31. The molecule has 0 bridgehead atoms. The minimum absolute atomic E-state index is 0.859. The van der Waals surface area contributed by atoms with Crippen LogP contribution in [-0.4, -0.2) is 37.1 Å². The molecular weight excluding hydrogens is 160 g/mol. The van der Waals surface area contributed by atoms with E-state index in [0.29, 0.717) is 0 Å². The zero-order valence-electron chi connectivity index (χ0n) is 9.34. The van der Waals surface area contributed by atoms with E-state index in [0.717, 1.165) is 12.0 Å². The molecule has 0 aromatic rings. The molecule has 0 amide bonds. The Morgan fingerprint density at radius 2 is 2.08 bits per heavy atom. The van der Waals surface area contributed by atoms with Gasteiger partial charge in [-0.25, -0.2) is 0 Å². The average molecular weight is 184 g/mol. The Hall–Kier alpha value is -0.0800. The molecule has 13 heavy (non-hydrogen) atoms. The van der Waals surface area contributed by atoms with E-state index in [1.54, 1.807) is 0 Å². The summed E-state index contributed by atoms with van der Waals surface area (Å²) in [5, 5.41) is 3.58. The highest BCUT2D eigenvalue weighted by Crippen LogP contribution is 2.23. The highest BCUT2D eigenvalue weighted by atomic mass is 15.2. The van der Waals surface area contributed by atoms with Gasteiger partial charge >= 0.3 is 0 Å². The molecule has 2 aliphatic rings. The van der Waals surface area contributed by atoms with Crippen molar-refractivity contribution in [2.75, 3.05) is 26.2 Å². The molecule has 78 valence electrons. The third kappa shape index (κ3) is 2.68. The maximum Gasteiger partial charge on any atom is 0.0120 e. The van der Waals surface area contributed by atoms with E-state index in [4.69, 9.17) is 0 Å². The molecule has 0 aromatic carbocycles. The molecule has 2 saturated heterocycles. The second-order valence-electron chi connectivity index (χ2n) is 3.79. The Balaban J connectivity index is 0.000000396. The molecule has 1 N–H and O–H groups in total. The average Bonchev–Trinajstić information content (AvgIpc) is 2.67. The second kappa shape index (κ2) is 5.61. The van der Waals surface area contributed by atoms with Crippen LogP contribution in [0.15, 0.2) is 0 Å². The molecule has 2 atom stereocenters. The number of hydrogen-bond donors (Lipinski definition) is 1. The van der Waals surface area contributed by atoms with Crippen molar-refractivity contribution in [2.24, 2.45) is 5.92 Å². The van der Waals surface area contributed by atoms with Gasteiger partial charge in [0.2, 0.25) is 0 Å². The third-order valence-corrected chi connectivity index (χ3v) is 3.19. The quantitative estimate of drug-likeness (QED) is 0.667. The largest absolute Gasteiger partial charge is 0.314 e. The first-order valence-corrected chi connectivity index (χ1v) is 5.86. The predicted octanol–water partition coefficient (Wildman–Crippen LogP) is 1.72. The Morgan fingerprint density at radius 1 is 1.31 bits per heavy atom. The Bertz CT molecular complexity index is 136. The number of fused-ring (bicyclic) bond motifs is 1. The van der Waals surface area contributed by atoms with Gasteiger partial charge in [-0.1, -0.05) is 20.8 Å². The lowest BCUT2D eigenvalue weighted by Crippen LogP contribution is -2.44. The highest BCUT2D eigenvalue weighted by molar-refractivity contribution is 4.89. The molecule has 2 rings (SSSR count). The maximum atomic E-state index is 3.58. The Labute approximate surface area is 82.7 Å². The number of nitrogens with zero attached hydrogens (tertiary/aromatic N) is 1. The molecular formula is C11H24N2. The summed E-state index contributed by atoms with van der Waals surface area (Å²) in [5.74, 6) is 0.962. The third-order valence-electron chi connectivity index (χ3n) is 3.19. The van der Waals surface area contributed by atoms with Crippen LogP contribution in [0, 0.1) is 5.92 Å². The van der Waals surface area contributed by atoms with E-state index in [2.05, 4.69) is 17.1 Å². The van der Waals surface area contributed by atoms with Gasteiger partial charge < -0.3 is 10.2 Å². The number of hydrogen-bond acceptors (Lipinski definition) is 2. The van der Waals surface area contributed by atoms with Crippen molar-refractivity contribution in [3.8, 4) is 0 Å². The van der Waals surface area contributed by atoms with Crippen LogP contribution >= 0.6 is 0 Å². The summed E-state index contributed by atoms with van der Waals surface area (Å²) in [5.41, 5.74) is 0. The number of nitrogens with one attached hydrogen (secondary N) is 1. The summed E-state index contributed by atoms with van der Waals surface area (Å²) in [6, 6.07) is 0.859. The summed E-state index contributed by atoms with van der Waals surface area (Å²) in [6.07, 6.45) is 2.78. The minimum Gasteiger partial charge on any atom is -0.314 e. The minimum atomic E-state index is 0.859. The summed E-state index contributed by atoms with van der Waals surface area (Å²) in [7, 11) is 0. The van der Waals surface area contributed by atoms with Gasteiger partial charge in [-0.3, -0.25) is 0 Å². The number of rotatable bonds is 1. The van der Waals surface area contributed by atoms with Gasteiger partial charge in [-0.05, 0) is 38.4 Å². The Kier molecular flexibility index (Phi) is 4.74. The van der Waals surface area contributed by atoms with Crippen molar-refractivity contribution in [1.82, 2.24) is 10.2 Å². The fraction of sp³-hybridized carbons (Fsp3) is 1.00. The Morgan fingerprint density at radius 3 is 2.77 bits per heavy atom. The topological polar surface area (TPSA) is 15.3 Å². The molecule has 2 unspecified atom stereocenters. The van der Waals surface area contributed by atoms with Gasteiger partial charge in [0, 0.05) is 12.6 Å². The van der Waals surface area contributed by atoms with Crippen LogP contribution in [0.5, 0.6) is 0 Å². The lowest BCUT2D eigenvalue weighted by Gasteiger charge is -2.33. The molecule has 0 aliphatic carbocycles. The van der Waals surface area contributed by atoms with Gasteiger partial charge in [0.1, 0.15) is 0 Å². The van der Waals surface area contributed by atoms with Crippen molar-refractivity contribution in [3.63, 3.8) is 0 Å². The number of likely N-dealkylation sites (tertiary alicyclic amines) is 1. The number of piperidine rings is 1. The van der Waals surface area contributed by atoms with Gasteiger partial charge in [0.25, 0.3) is 0 Å². The standard InChI is InChI=1S/C9H18N2.C2H6/c1-2-11-6-4-9-8(7-11)3-5-10-9;1-2/h8-10H,2-7H2,1H3;1-2H3. The van der Waals surface area contributed by atoms with Crippen LogP contribution in [0.25, 0.3) is 0 Å². The molecule has 0 radical (unpaired) electrons. The zero-order chi connectivity index (χ0) is 9.68. The van der Waals surface area contributed by atoms with E-state index in [9.17, 15) is 0 Å². The van der Waals surface area contributed by atoms with Crippen LogP contribution in [0.4, 0.5) is 0 Å². The molecule has 2 aliphatic heterocycles. The van der Waals surface area contributed by atoms with E-state index in [-0.39, 0.29) is 0 Å². The fourth-order valence-electron chi connectivity index (χ4n) is 2.41. The SMILES string of the molecule is CC.CCN1CCC2NCCC2C1. The first kappa shape index (κ1) is 11.0. The van der Waals surface area contributed by atoms with E-state index in [1.807, 2.05) is 13.8 Å². The van der Waals surface area contributed by atoms with Gasteiger partial charge in [-0.15, -0.1) is 0 Å². The maximum absolute atomic E-state index is 3.58. The van der Waals surface area contributed by atoms with Crippen molar-refractivity contribution < 1.29 is 0 Å². The normalized spacial score (nSPS) is 33.5. The van der Waals surface area contributed by atoms with Gasteiger partial charge in [-0.2, -0.15) is 0 Å². The van der Waals surface area contributed by atoms with E-state index < -0.39 is 0 Å². The lowest BCUT2D eigenvalue weighted by atomic mass is 9.93. The summed E-state index contributed by atoms with van der Waals surface area (Å²) < 4.78 is 0. The first-order chi connectivity index (χ1) is 6.40. The molecule has 2 heteroatoms. The zero-order valence-corrected chi connectivity index (χ0v) is 9.34. The summed E-state index contributed by atoms with van der Waals surface area (Å²) in [6.45, 7) is 11.4. The molecule has 2 nitrogen and oxygen atoms in total. The predicted molar refractivity (Wildman–Crippen MR) is 58.0 cm³/mol. The second-order valence-corrected chi connectivity index (χ2v) is 3.79. The van der Waals surface area contributed by atoms with Gasteiger partial charge in [0.05, 0.1) is 0 Å².